The molecule has 0 fully saturated rings. The summed E-state index contributed by atoms with van der Waals surface area (Å²) >= 11 is 0. The van der Waals surface area contributed by atoms with Crippen LogP contribution in [0.5, 0.6) is 0 Å². The van der Waals surface area contributed by atoms with Gasteiger partial charge in [0.05, 0.1) is 29.5 Å². The summed E-state index contributed by atoms with van der Waals surface area (Å²) in [4.78, 5) is 50.8. The zero-order valence-electron chi connectivity index (χ0n) is 17.1. The van der Waals surface area contributed by atoms with Crippen LogP contribution in [0.25, 0.3) is 0 Å². The van der Waals surface area contributed by atoms with E-state index in [0.717, 1.165) is 0 Å². The first-order valence-electron chi connectivity index (χ1n) is 9.79. The molecule has 158 valence electrons. The first-order chi connectivity index (χ1) is 14.3. The van der Waals surface area contributed by atoms with Crippen LogP contribution in [0.15, 0.2) is 41.0 Å². The summed E-state index contributed by atoms with van der Waals surface area (Å²) < 4.78 is 10.3. The molecule has 0 saturated heterocycles. The molecule has 0 bridgehead atoms. The fraction of sp³-hybridized carbons (Fsp3) is 0.364. The van der Waals surface area contributed by atoms with E-state index in [0.29, 0.717) is 24.6 Å². The number of carbonyl (C=O) groups excluding carboxylic acids is 4. The monoisotopic (exact) mass is 412 g/mol. The van der Waals surface area contributed by atoms with Crippen molar-refractivity contribution in [1.82, 2.24) is 10.2 Å². The van der Waals surface area contributed by atoms with Gasteiger partial charge in [0.15, 0.2) is 6.10 Å². The molecule has 1 aliphatic rings. The van der Waals surface area contributed by atoms with Crippen LogP contribution in [0.2, 0.25) is 0 Å². The van der Waals surface area contributed by atoms with Crippen molar-refractivity contribution in [2.75, 3.05) is 6.54 Å². The van der Waals surface area contributed by atoms with Crippen LogP contribution in [-0.4, -0.2) is 41.2 Å². The number of imide groups is 1. The predicted octanol–water partition coefficient (Wildman–Crippen LogP) is 2.78. The minimum absolute atomic E-state index is 0.103. The molecule has 2 aromatic rings. The predicted molar refractivity (Wildman–Crippen MR) is 107 cm³/mol. The van der Waals surface area contributed by atoms with Crippen LogP contribution in [0.3, 0.4) is 0 Å². The average Bonchev–Trinajstić information content (AvgIpc) is 3.31. The lowest BCUT2D eigenvalue weighted by Crippen LogP contribution is -2.35. The third-order valence-corrected chi connectivity index (χ3v) is 4.81. The zero-order chi connectivity index (χ0) is 21.8. The molecule has 1 aromatic heterocycles. The number of esters is 1. The highest BCUT2D eigenvalue weighted by molar-refractivity contribution is 6.22. The smallest absolute Gasteiger partial charge is 0.338 e. The van der Waals surface area contributed by atoms with E-state index in [1.165, 1.54) is 36.3 Å². The Hall–Kier alpha value is -3.42. The molecule has 8 nitrogen and oxygen atoms in total. The van der Waals surface area contributed by atoms with Gasteiger partial charge in [-0.15, -0.1) is 0 Å². The standard InChI is InChI=1S/C22H24N2O6/c1-13(2)8-9-24-20(26)17-7-6-15(11-18(17)21(24)27)22(28)30-14(3)19(25)23-12-16-5-4-10-29-16/h4-7,10-11,13-14H,8-9,12H2,1-3H3,(H,23,25)/t14-/m0/s1. The van der Waals surface area contributed by atoms with Gasteiger partial charge in [-0.25, -0.2) is 4.79 Å². The van der Waals surface area contributed by atoms with E-state index < -0.39 is 23.9 Å². The molecule has 1 N–H and O–H groups in total. The molecule has 3 rings (SSSR count). The number of rotatable bonds is 8. The normalized spacial score (nSPS) is 14.1. The number of fused-ring (bicyclic) bond motifs is 1. The number of hydrogen-bond donors (Lipinski definition) is 1. The summed E-state index contributed by atoms with van der Waals surface area (Å²) in [7, 11) is 0. The molecule has 2 heterocycles. The Balaban J connectivity index is 1.63. The number of hydrogen-bond acceptors (Lipinski definition) is 6. The maximum atomic E-state index is 12.6. The topological polar surface area (TPSA) is 106 Å². The number of carbonyl (C=O) groups is 4. The molecule has 0 radical (unpaired) electrons. The van der Waals surface area contributed by atoms with Gasteiger partial charge in [0.25, 0.3) is 17.7 Å². The fourth-order valence-corrected chi connectivity index (χ4v) is 3.02. The zero-order valence-corrected chi connectivity index (χ0v) is 17.1. The number of benzene rings is 1. The summed E-state index contributed by atoms with van der Waals surface area (Å²) in [6.45, 7) is 5.98. The van der Waals surface area contributed by atoms with Crippen LogP contribution >= 0.6 is 0 Å². The SMILES string of the molecule is CC(C)CCN1C(=O)c2ccc(C(=O)O[C@@H](C)C(=O)NCc3ccco3)cc2C1=O. The van der Waals surface area contributed by atoms with Gasteiger partial charge in [-0.3, -0.25) is 19.3 Å². The molecule has 1 aromatic carbocycles. The minimum Gasteiger partial charge on any atom is -0.467 e. The number of amides is 3. The summed E-state index contributed by atoms with van der Waals surface area (Å²) in [6.07, 6.45) is 1.15. The maximum absolute atomic E-state index is 12.6. The second-order valence-corrected chi connectivity index (χ2v) is 7.55. The minimum atomic E-state index is -1.04. The Kier molecular flexibility index (Phi) is 6.34. The fourth-order valence-electron chi connectivity index (χ4n) is 3.02. The third kappa shape index (κ3) is 4.59. The number of ether oxygens (including phenoxy) is 1. The largest absolute Gasteiger partial charge is 0.467 e. The first-order valence-corrected chi connectivity index (χ1v) is 9.79. The van der Waals surface area contributed by atoms with Gasteiger partial charge in [-0.05, 0) is 49.6 Å². The highest BCUT2D eigenvalue weighted by Crippen LogP contribution is 2.25. The van der Waals surface area contributed by atoms with Gasteiger partial charge in [0.2, 0.25) is 0 Å². The van der Waals surface area contributed by atoms with Crippen molar-refractivity contribution >= 4 is 23.7 Å². The molecule has 0 aliphatic carbocycles. The lowest BCUT2D eigenvalue weighted by atomic mass is 10.1. The Bertz CT molecular complexity index is 964. The third-order valence-electron chi connectivity index (χ3n) is 4.81. The van der Waals surface area contributed by atoms with E-state index in [9.17, 15) is 19.2 Å². The number of furan rings is 1. The molecule has 8 heteroatoms. The molecule has 30 heavy (non-hydrogen) atoms. The van der Waals surface area contributed by atoms with Crippen molar-refractivity contribution in [1.29, 1.82) is 0 Å². The molecule has 3 amide bonds. The highest BCUT2D eigenvalue weighted by atomic mass is 16.5. The van der Waals surface area contributed by atoms with E-state index in [-0.39, 0.29) is 29.1 Å². The van der Waals surface area contributed by atoms with Gasteiger partial charge in [-0.2, -0.15) is 0 Å². The van der Waals surface area contributed by atoms with Crippen LogP contribution < -0.4 is 5.32 Å². The van der Waals surface area contributed by atoms with Gasteiger partial charge in [-0.1, -0.05) is 13.8 Å². The highest BCUT2D eigenvalue weighted by Gasteiger charge is 2.36. The van der Waals surface area contributed by atoms with Gasteiger partial charge in [0.1, 0.15) is 5.76 Å². The molecular formula is C22H24N2O6. The van der Waals surface area contributed by atoms with Crippen molar-refractivity contribution in [2.24, 2.45) is 5.92 Å². The lowest BCUT2D eigenvalue weighted by Gasteiger charge is -2.14. The van der Waals surface area contributed by atoms with Crippen LogP contribution in [0, 0.1) is 5.92 Å². The summed E-state index contributed by atoms with van der Waals surface area (Å²) in [5.74, 6) is -1.09. The van der Waals surface area contributed by atoms with Crippen molar-refractivity contribution in [3.05, 3.63) is 59.0 Å². The second-order valence-electron chi connectivity index (χ2n) is 7.55. The number of nitrogens with one attached hydrogen (secondary N) is 1. The van der Waals surface area contributed by atoms with E-state index >= 15 is 0 Å². The Morgan fingerprint density at radius 1 is 1.10 bits per heavy atom. The molecule has 0 unspecified atom stereocenters. The van der Waals surface area contributed by atoms with Crippen molar-refractivity contribution in [2.45, 2.75) is 39.8 Å². The number of nitrogens with zero attached hydrogens (tertiary/aromatic N) is 1. The summed E-state index contributed by atoms with van der Waals surface area (Å²) in [5.41, 5.74) is 0.545. The average molecular weight is 412 g/mol. The molecule has 1 atom stereocenters. The Labute approximate surface area is 174 Å². The van der Waals surface area contributed by atoms with E-state index in [1.54, 1.807) is 12.1 Å². The van der Waals surface area contributed by atoms with Gasteiger partial charge >= 0.3 is 5.97 Å². The first kappa shape index (κ1) is 21.3. The Morgan fingerprint density at radius 3 is 2.50 bits per heavy atom. The van der Waals surface area contributed by atoms with E-state index in [1.807, 2.05) is 13.8 Å². The summed E-state index contributed by atoms with van der Waals surface area (Å²) in [6, 6.07) is 7.63. The lowest BCUT2D eigenvalue weighted by molar-refractivity contribution is -0.129. The van der Waals surface area contributed by atoms with Gasteiger partial charge < -0.3 is 14.5 Å². The van der Waals surface area contributed by atoms with Crippen LogP contribution in [-0.2, 0) is 16.1 Å². The van der Waals surface area contributed by atoms with E-state index in [4.69, 9.17) is 9.15 Å². The van der Waals surface area contributed by atoms with Crippen molar-refractivity contribution < 1.29 is 28.3 Å². The molecule has 0 saturated carbocycles. The summed E-state index contributed by atoms with van der Waals surface area (Å²) in [5, 5.41) is 2.61. The molecule has 1 aliphatic heterocycles. The van der Waals surface area contributed by atoms with E-state index in [2.05, 4.69) is 5.32 Å². The van der Waals surface area contributed by atoms with Gasteiger partial charge in [0, 0.05) is 6.54 Å². The molecule has 0 spiro atoms. The van der Waals surface area contributed by atoms with Crippen molar-refractivity contribution in [3.8, 4) is 0 Å². The van der Waals surface area contributed by atoms with Crippen LogP contribution in [0.1, 0.15) is 64.0 Å². The maximum Gasteiger partial charge on any atom is 0.338 e. The van der Waals surface area contributed by atoms with Crippen molar-refractivity contribution in [3.63, 3.8) is 0 Å². The Morgan fingerprint density at radius 2 is 1.83 bits per heavy atom. The second kappa shape index (κ2) is 8.94. The quantitative estimate of drug-likeness (QED) is 0.528. The molecular weight excluding hydrogens is 388 g/mol. The van der Waals surface area contributed by atoms with Crippen LogP contribution in [0.4, 0.5) is 0 Å².